The highest BCUT2D eigenvalue weighted by molar-refractivity contribution is 5.70. The smallest absolute Gasteiger partial charge is 0.306 e. The molecule has 0 amide bonds. The van der Waals surface area contributed by atoms with E-state index < -0.39 is 55.4 Å². The summed E-state index contributed by atoms with van der Waals surface area (Å²) < 4.78 is 21.6. The van der Waals surface area contributed by atoms with Crippen LogP contribution in [0.2, 0.25) is 0 Å². The Labute approximate surface area is 264 Å². The van der Waals surface area contributed by atoms with Gasteiger partial charge < -0.3 is 39.4 Å². The predicted octanol–water partition coefficient (Wildman–Crippen LogP) is 4.82. The minimum absolute atomic E-state index is 0.217. The summed E-state index contributed by atoms with van der Waals surface area (Å²) in [4.78, 5) is 24.5. The molecule has 1 aliphatic rings. The number of aliphatic hydroxyl groups is 4. The van der Waals surface area contributed by atoms with E-state index in [-0.39, 0.29) is 26.1 Å². The van der Waals surface area contributed by atoms with Crippen molar-refractivity contribution >= 4 is 11.9 Å². The average Bonchev–Trinajstić information content (AvgIpc) is 3.02. The first-order valence-corrected chi connectivity index (χ1v) is 16.6. The van der Waals surface area contributed by atoms with Gasteiger partial charge in [-0.05, 0) is 44.9 Å². The number of carbonyl (C=O) groups is 2. The Hall–Kier alpha value is -2.08. The molecule has 1 fully saturated rings. The fourth-order valence-corrected chi connectivity index (χ4v) is 4.59. The Bertz CT molecular complexity index is 825. The lowest BCUT2D eigenvalue weighted by Crippen LogP contribution is -2.59. The van der Waals surface area contributed by atoms with E-state index in [0.717, 1.165) is 51.4 Å². The summed E-state index contributed by atoms with van der Waals surface area (Å²) in [6.45, 7) is 3.00. The molecule has 0 bridgehead atoms. The van der Waals surface area contributed by atoms with Crippen molar-refractivity contribution in [1.82, 2.24) is 0 Å². The molecule has 1 rings (SSSR count). The van der Waals surface area contributed by atoms with Gasteiger partial charge in [0.1, 0.15) is 31.0 Å². The van der Waals surface area contributed by atoms with Crippen molar-refractivity contribution in [3.05, 3.63) is 36.5 Å². The summed E-state index contributed by atoms with van der Waals surface area (Å²) >= 11 is 0. The standard InChI is InChI=1S/C34H58O10/c1-3-5-7-8-9-10-11-12-13-14-15-16-17-18-19-20-21-23-30(37)43-27(25-41-29(36)22-6-4-2)26-42-34-33(40)32(39)31(38)28(24-35)44-34/h5,7,9-10,12-13,27-28,31-35,38-40H,3-4,6,8,11,14-26H2,1-2H3/b7-5-,10-9-,13-12-. The van der Waals surface area contributed by atoms with E-state index in [2.05, 4.69) is 43.4 Å². The molecule has 254 valence electrons. The van der Waals surface area contributed by atoms with Crippen molar-refractivity contribution < 1.29 is 49.0 Å². The number of allylic oxidation sites excluding steroid dienone is 6. The van der Waals surface area contributed by atoms with Crippen LogP contribution in [-0.4, -0.2) is 89.0 Å². The molecule has 0 aromatic carbocycles. The summed E-state index contributed by atoms with van der Waals surface area (Å²) in [6.07, 6.45) is 18.5. The molecular formula is C34H58O10. The van der Waals surface area contributed by atoms with Gasteiger partial charge in [-0.25, -0.2) is 0 Å². The minimum atomic E-state index is -1.59. The average molecular weight is 627 g/mol. The van der Waals surface area contributed by atoms with Crippen molar-refractivity contribution in [3.8, 4) is 0 Å². The molecule has 10 nitrogen and oxygen atoms in total. The van der Waals surface area contributed by atoms with Crippen LogP contribution in [0, 0.1) is 0 Å². The van der Waals surface area contributed by atoms with E-state index in [0.29, 0.717) is 12.8 Å². The second-order valence-corrected chi connectivity index (χ2v) is 11.2. The Kier molecular flexibility index (Phi) is 23.8. The Morgan fingerprint density at radius 2 is 1.34 bits per heavy atom. The van der Waals surface area contributed by atoms with Crippen molar-refractivity contribution in [2.75, 3.05) is 19.8 Å². The quantitative estimate of drug-likeness (QED) is 0.0631. The first-order valence-electron chi connectivity index (χ1n) is 16.6. The topological polar surface area (TPSA) is 152 Å². The molecule has 1 heterocycles. The van der Waals surface area contributed by atoms with Crippen molar-refractivity contribution in [1.29, 1.82) is 0 Å². The normalized spacial score (nSPS) is 23.1. The first-order chi connectivity index (χ1) is 21.3. The molecule has 0 spiro atoms. The molecule has 0 radical (unpaired) electrons. The van der Waals surface area contributed by atoms with E-state index in [9.17, 15) is 30.0 Å². The van der Waals surface area contributed by atoms with Crippen LogP contribution < -0.4 is 0 Å². The molecule has 1 aliphatic heterocycles. The molecule has 1 saturated heterocycles. The van der Waals surface area contributed by atoms with Gasteiger partial charge >= 0.3 is 11.9 Å². The van der Waals surface area contributed by atoms with Gasteiger partial charge in [-0.2, -0.15) is 0 Å². The Balaban J connectivity index is 2.30. The van der Waals surface area contributed by atoms with Crippen LogP contribution in [0.5, 0.6) is 0 Å². The first kappa shape index (κ1) is 39.9. The van der Waals surface area contributed by atoms with Gasteiger partial charge in [0.25, 0.3) is 0 Å². The lowest BCUT2D eigenvalue weighted by molar-refractivity contribution is -0.305. The second kappa shape index (κ2) is 26.2. The summed E-state index contributed by atoms with van der Waals surface area (Å²) in [6, 6.07) is 0. The predicted molar refractivity (Wildman–Crippen MR) is 169 cm³/mol. The molecule has 6 unspecified atom stereocenters. The van der Waals surface area contributed by atoms with Gasteiger partial charge in [0.05, 0.1) is 13.2 Å². The number of aliphatic hydroxyl groups excluding tert-OH is 4. The van der Waals surface area contributed by atoms with Gasteiger partial charge in [-0.3, -0.25) is 9.59 Å². The van der Waals surface area contributed by atoms with Gasteiger partial charge in [-0.15, -0.1) is 0 Å². The van der Waals surface area contributed by atoms with Crippen LogP contribution in [0.25, 0.3) is 0 Å². The fourth-order valence-electron chi connectivity index (χ4n) is 4.59. The van der Waals surface area contributed by atoms with E-state index in [1.54, 1.807) is 0 Å². The second-order valence-electron chi connectivity index (χ2n) is 11.2. The maximum atomic E-state index is 12.5. The van der Waals surface area contributed by atoms with E-state index >= 15 is 0 Å². The van der Waals surface area contributed by atoms with Crippen LogP contribution in [0.1, 0.15) is 110 Å². The monoisotopic (exact) mass is 626 g/mol. The molecule has 0 aromatic heterocycles. The largest absolute Gasteiger partial charge is 0.462 e. The number of unbranched alkanes of at least 4 members (excludes halogenated alkanes) is 8. The third-order valence-corrected chi connectivity index (χ3v) is 7.29. The molecule has 0 aliphatic carbocycles. The maximum Gasteiger partial charge on any atom is 0.306 e. The van der Waals surface area contributed by atoms with Gasteiger partial charge in [0, 0.05) is 12.8 Å². The highest BCUT2D eigenvalue weighted by Crippen LogP contribution is 2.22. The Morgan fingerprint density at radius 3 is 2.00 bits per heavy atom. The van der Waals surface area contributed by atoms with Crippen LogP contribution in [0.4, 0.5) is 0 Å². The molecule has 44 heavy (non-hydrogen) atoms. The number of esters is 2. The number of hydrogen-bond acceptors (Lipinski definition) is 10. The molecule has 0 saturated carbocycles. The van der Waals surface area contributed by atoms with Crippen LogP contribution in [-0.2, 0) is 28.5 Å². The van der Waals surface area contributed by atoms with Crippen LogP contribution in [0.3, 0.4) is 0 Å². The number of hydrogen-bond donors (Lipinski definition) is 4. The zero-order chi connectivity index (χ0) is 32.4. The highest BCUT2D eigenvalue weighted by Gasteiger charge is 2.44. The summed E-state index contributed by atoms with van der Waals surface area (Å²) in [5.74, 6) is -0.865. The number of rotatable bonds is 25. The maximum absolute atomic E-state index is 12.5. The SMILES string of the molecule is CC/C=C\C/C=C\C/C=C\CCCCCCCCCC(=O)OC(COC(=O)CCCC)COC1OC(CO)C(O)C(O)C1O. The van der Waals surface area contributed by atoms with Gasteiger partial charge in [0.2, 0.25) is 0 Å². The van der Waals surface area contributed by atoms with Gasteiger partial charge in [-0.1, -0.05) is 88.8 Å². The zero-order valence-corrected chi connectivity index (χ0v) is 26.9. The van der Waals surface area contributed by atoms with E-state index in [4.69, 9.17) is 18.9 Å². The summed E-state index contributed by atoms with van der Waals surface area (Å²) in [5.41, 5.74) is 0. The lowest BCUT2D eigenvalue weighted by atomic mass is 9.99. The molecule has 0 aromatic rings. The summed E-state index contributed by atoms with van der Waals surface area (Å²) in [7, 11) is 0. The van der Waals surface area contributed by atoms with E-state index in [1.807, 2.05) is 6.92 Å². The van der Waals surface area contributed by atoms with Crippen molar-refractivity contribution in [2.45, 2.75) is 147 Å². The van der Waals surface area contributed by atoms with Crippen LogP contribution >= 0.6 is 0 Å². The third kappa shape index (κ3) is 18.7. The summed E-state index contributed by atoms with van der Waals surface area (Å²) in [5, 5.41) is 39.5. The number of ether oxygens (including phenoxy) is 4. The fraction of sp³-hybridized carbons (Fsp3) is 0.765. The van der Waals surface area contributed by atoms with E-state index in [1.165, 1.54) is 19.3 Å². The molecular weight excluding hydrogens is 568 g/mol. The lowest BCUT2D eigenvalue weighted by Gasteiger charge is -2.39. The Morgan fingerprint density at radius 1 is 0.727 bits per heavy atom. The number of carbonyl (C=O) groups excluding carboxylic acids is 2. The molecule has 6 atom stereocenters. The minimum Gasteiger partial charge on any atom is -0.462 e. The van der Waals surface area contributed by atoms with Crippen molar-refractivity contribution in [3.63, 3.8) is 0 Å². The highest BCUT2D eigenvalue weighted by atomic mass is 16.7. The van der Waals surface area contributed by atoms with Gasteiger partial charge in [0.15, 0.2) is 12.4 Å². The third-order valence-electron chi connectivity index (χ3n) is 7.29. The molecule has 4 N–H and O–H groups in total. The molecule has 10 heteroatoms. The zero-order valence-electron chi connectivity index (χ0n) is 26.9. The van der Waals surface area contributed by atoms with Crippen molar-refractivity contribution in [2.24, 2.45) is 0 Å². The van der Waals surface area contributed by atoms with Crippen LogP contribution in [0.15, 0.2) is 36.5 Å².